The first kappa shape index (κ1) is 13.7. The third-order valence-electron chi connectivity index (χ3n) is 3.60. The van der Waals surface area contributed by atoms with E-state index in [2.05, 4.69) is 4.98 Å². The Morgan fingerprint density at radius 2 is 2.05 bits per heavy atom. The van der Waals surface area contributed by atoms with Crippen molar-refractivity contribution in [2.24, 2.45) is 0 Å². The van der Waals surface area contributed by atoms with E-state index in [9.17, 15) is 9.18 Å². The molecule has 0 saturated heterocycles. The van der Waals surface area contributed by atoms with Gasteiger partial charge in [0.2, 0.25) is 0 Å². The molecule has 1 heterocycles. The smallest absolute Gasteiger partial charge is 0.273 e. The van der Waals surface area contributed by atoms with Crippen molar-refractivity contribution in [1.29, 1.82) is 0 Å². The number of halogens is 1. The monoisotopic (exact) mass is 284 g/mol. The zero-order chi connectivity index (χ0) is 14.8. The molecule has 0 unspecified atom stereocenters. The molecule has 1 saturated carbocycles. The zero-order valence-electron chi connectivity index (χ0n) is 11.9. The van der Waals surface area contributed by atoms with Gasteiger partial charge >= 0.3 is 0 Å². The maximum absolute atomic E-state index is 13.3. The van der Waals surface area contributed by atoms with Crippen LogP contribution in [0.1, 0.15) is 34.6 Å². The van der Waals surface area contributed by atoms with E-state index < -0.39 is 0 Å². The Balaban J connectivity index is 1.83. The van der Waals surface area contributed by atoms with Crippen LogP contribution in [0.5, 0.6) is 0 Å². The lowest BCUT2D eigenvalue weighted by Gasteiger charge is -2.22. The van der Waals surface area contributed by atoms with Crippen LogP contribution in [0.2, 0.25) is 0 Å². The highest BCUT2D eigenvalue weighted by Gasteiger charge is 2.33. The summed E-state index contributed by atoms with van der Waals surface area (Å²) >= 11 is 0. The summed E-state index contributed by atoms with van der Waals surface area (Å²) in [6.45, 7) is 2.29. The molecule has 0 bridgehead atoms. The normalized spacial score (nSPS) is 14.0. The summed E-state index contributed by atoms with van der Waals surface area (Å²) in [5.41, 5.74) is 2.09. The van der Waals surface area contributed by atoms with E-state index in [0.717, 1.165) is 24.1 Å². The third kappa shape index (κ3) is 3.27. The zero-order valence-corrected chi connectivity index (χ0v) is 11.9. The highest BCUT2D eigenvalue weighted by atomic mass is 19.1. The topological polar surface area (TPSA) is 33.2 Å². The van der Waals surface area contributed by atoms with E-state index in [1.807, 2.05) is 25.1 Å². The van der Waals surface area contributed by atoms with Gasteiger partial charge in [0.1, 0.15) is 11.5 Å². The molecule has 21 heavy (non-hydrogen) atoms. The molecule has 0 atom stereocenters. The number of benzene rings is 1. The molecule has 0 spiro atoms. The van der Waals surface area contributed by atoms with Crippen LogP contribution in [0, 0.1) is 12.7 Å². The van der Waals surface area contributed by atoms with Crippen molar-refractivity contribution in [1.82, 2.24) is 9.88 Å². The van der Waals surface area contributed by atoms with Gasteiger partial charge in [-0.1, -0.05) is 18.2 Å². The van der Waals surface area contributed by atoms with Crippen LogP contribution in [0.4, 0.5) is 4.39 Å². The molecular weight excluding hydrogens is 267 g/mol. The van der Waals surface area contributed by atoms with E-state index in [-0.39, 0.29) is 17.8 Å². The van der Waals surface area contributed by atoms with Crippen LogP contribution in [0.25, 0.3) is 0 Å². The second kappa shape index (κ2) is 5.64. The molecule has 1 aromatic heterocycles. The second-order valence-corrected chi connectivity index (χ2v) is 5.46. The van der Waals surface area contributed by atoms with Gasteiger partial charge in [0.25, 0.3) is 5.91 Å². The van der Waals surface area contributed by atoms with Crippen LogP contribution in [0.3, 0.4) is 0 Å². The summed E-state index contributed by atoms with van der Waals surface area (Å²) < 4.78 is 13.3. The number of amides is 1. The molecule has 1 aliphatic rings. The summed E-state index contributed by atoms with van der Waals surface area (Å²) in [4.78, 5) is 18.7. The first-order chi connectivity index (χ1) is 10.1. The molecule has 0 aliphatic heterocycles. The van der Waals surface area contributed by atoms with Gasteiger partial charge in [-0.15, -0.1) is 0 Å². The van der Waals surface area contributed by atoms with Crippen LogP contribution < -0.4 is 0 Å². The fourth-order valence-corrected chi connectivity index (χ4v) is 2.39. The Hall–Kier alpha value is -2.23. The van der Waals surface area contributed by atoms with Gasteiger partial charge in [0.15, 0.2) is 0 Å². The molecule has 3 rings (SSSR count). The lowest BCUT2D eigenvalue weighted by Crippen LogP contribution is -2.33. The summed E-state index contributed by atoms with van der Waals surface area (Å²) in [6, 6.07) is 12.1. The van der Waals surface area contributed by atoms with E-state index in [4.69, 9.17) is 0 Å². The fourth-order valence-electron chi connectivity index (χ4n) is 2.39. The third-order valence-corrected chi connectivity index (χ3v) is 3.60. The van der Waals surface area contributed by atoms with Gasteiger partial charge in [-0.05, 0) is 49.6 Å². The molecular formula is C17H17FN2O. The van der Waals surface area contributed by atoms with E-state index >= 15 is 0 Å². The van der Waals surface area contributed by atoms with Gasteiger partial charge < -0.3 is 4.90 Å². The summed E-state index contributed by atoms with van der Waals surface area (Å²) in [5, 5.41) is 0. The molecule has 4 heteroatoms. The number of aromatic nitrogens is 1. The highest BCUT2D eigenvalue weighted by molar-refractivity contribution is 5.92. The first-order valence-electron chi connectivity index (χ1n) is 7.12. The number of nitrogens with zero attached hydrogens (tertiary/aromatic N) is 2. The average Bonchev–Trinajstić information content (AvgIpc) is 3.29. The fraction of sp³-hybridized carbons (Fsp3) is 0.294. The van der Waals surface area contributed by atoms with Crippen LogP contribution in [-0.4, -0.2) is 21.8 Å². The molecule has 1 fully saturated rings. The standard InChI is InChI=1S/C17H17FN2O/c1-12-4-2-7-16(19-12)17(21)20(15-8-9-15)11-13-5-3-6-14(18)10-13/h2-7,10,15H,8-9,11H2,1H3. The van der Waals surface area contributed by atoms with Gasteiger partial charge in [0.05, 0.1) is 0 Å². The Kier molecular flexibility index (Phi) is 3.69. The quantitative estimate of drug-likeness (QED) is 0.862. The summed E-state index contributed by atoms with van der Waals surface area (Å²) in [7, 11) is 0. The molecule has 1 aliphatic carbocycles. The van der Waals surface area contributed by atoms with Crippen LogP contribution in [-0.2, 0) is 6.54 Å². The number of aryl methyl sites for hydroxylation is 1. The summed E-state index contributed by atoms with van der Waals surface area (Å²) in [5.74, 6) is -0.352. The predicted octanol–water partition coefficient (Wildman–Crippen LogP) is 3.33. The molecule has 0 N–H and O–H groups in total. The van der Waals surface area contributed by atoms with Gasteiger partial charge in [0, 0.05) is 18.3 Å². The molecule has 1 aromatic carbocycles. The molecule has 1 amide bonds. The predicted molar refractivity (Wildman–Crippen MR) is 78.3 cm³/mol. The highest BCUT2D eigenvalue weighted by Crippen LogP contribution is 2.29. The summed E-state index contributed by atoms with van der Waals surface area (Å²) in [6.07, 6.45) is 2.01. The molecule has 3 nitrogen and oxygen atoms in total. The largest absolute Gasteiger partial charge is 0.330 e. The number of hydrogen-bond acceptors (Lipinski definition) is 2. The lowest BCUT2D eigenvalue weighted by molar-refractivity contribution is 0.0723. The molecule has 2 aromatic rings. The minimum absolute atomic E-state index is 0.0783. The van der Waals surface area contributed by atoms with Crippen molar-refractivity contribution in [3.63, 3.8) is 0 Å². The van der Waals surface area contributed by atoms with Crippen molar-refractivity contribution in [2.45, 2.75) is 32.4 Å². The Morgan fingerprint density at radius 1 is 1.29 bits per heavy atom. The SMILES string of the molecule is Cc1cccc(C(=O)N(Cc2cccc(F)c2)C2CC2)n1. The van der Waals surface area contributed by atoms with Crippen molar-refractivity contribution in [3.8, 4) is 0 Å². The van der Waals surface area contributed by atoms with Crippen molar-refractivity contribution < 1.29 is 9.18 Å². The average molecular weight is 284 g/mol. The minimum atomic E-state index is -0.274. The van der Waals surface area contributed by atoms with Gasteiger partial charge in [-0.2, -0.15) is 0 Å². The maximum Gasteiger partial charge on any atom is 0.273 e. The van der Waals surface area contributed by atoms with Crippen LogP contribution >= 0.6 is 0 Å². The van der Waals surface area contributed by atoms with Gasteiger partial charge in [-0.25, -0.2) is 9.37 Å². The minimum Gasteiger partial charge on any atom is -0.330 e. The molecule has 108 valence electrons. The number of hydrogen-bond donors (Lipinski definition) is 0. The number of carbonyl (C=O) groups is 1. The Labute approximate surface area is 123 Å². The van der Waals surface area contributed by atoms with E-state index in [1.54, 1.807) is 17.0 Å². The van der Waals surface area contributed by atoms with Crippen molar-refractivity contribution >= 4 is 5.91 Å². The first-order valence-corrected chi connectivity index (χ1v) is 7.12. The Morgan fingerprint density at radius 3 is 2.71 bits per heavy atom. The maximum atomic E-state index is 13.3. The number of rotatable bonds is 4. The number of carbonyl (C=O) groups excluding carboxylic acids is 1. The molecule has 0 radical (unpaired) electrons. The van der Waals surface area contributed by atoms with E-state index in [1.165, 1.54) is 12.1 Å². The van der Waals surface area contributed by atoms with E-state index in [0.29, 0.717) is 12.2 Å². The number of pyridine rings is 1. The van der Waals surface area contributed by atoms with Crippen molar-refractivity contribution in [2.75, 3.05) is 0 Å². The Bertz CT molecular complexity index is 667. The van der Waals surface area contributed by atoms with Gasteiger partial charge in [-0.3, -0.25) is 4.79 Å². The van der Waals surface area contributed by atoms with Crippen LogP contribution in [0.15, 0.2) is 42.5 Å². The lowest BCUT2D eigenvalue weighted by atomic mass is 10.2. The second-order valence-electron chi connectivity index (χ2n) is 5.46. The van der Waals surface area contributed by atoms with Crippen molar-refractivity contribution in [3.05, 3.63) is 65.2 Å².